The van der Waals surface area contributed by atoms with E-state index in [-0.39, 0.29) is 6.61 Å². The maximum absolute atomic E-state index is 9.23. The molecule has 108 valence electrons. The van der Waals surface area contributed by atoms with E-state index in [1.807, 2.05) is 23.2 Å². The van der Waals surface area contributed by atoms with Gasteiger partial charge in [-0.15, -0.1) is 10.2 Å². The highest BCUT2D eigenvalue weighted by atomic mass is 16.3. The summed E-state index contributed by atoms with van der Waals surface area (Å²) in [5.74, 6) is 0.852. The van der Waals surface area contributed by atoms with Crippen molar-refractivity contribution in [3.63, 3.8) is 0 Å². The monoisotopic (exact) mass is 285 g/mol. The summed E-state index contributed by atoms with van der Waals surface area (Å²) in [5.41, 5.74) is 2.03. The molecule has 4 rings (SSSR count). The smallest absolute Gasteiger partial charge is 0.228 e. The predicted molar refractivity (Wildman–Crippen MR) is 76.3 cm³/mol. The van der Waals surface area contributed by atoms with Crippen molar-refractivity contribution in [2.75, 3.05) is 24.8 Å². The summed E-state index contributed by atoms with van der Waals surface area (Å²) in [6.07, 6.45) is 3.29. The Morgan fingerprint density at radius 1 is 1.10 bits per heavy atom. The summed E-state index contributed by atoms with van der Waals surface area (Å²) in [6.45, 7) is 2.06. The summed E-state index contributed by atoms with van der Waals surface area (Å²) >= 11 is 0. The van der Waals surface area contributed by atoms with Crippen LogP contribution in [0.15, 0.2) is 36.9 Å². The van der Waals surface area contributed by atoms with E-state index in [0.29, 0.717) is 19.9 Å². The van der Waals surface area contributed by atoms with Crippen LogP contribution < -0.4 is 5.01 Å². The standard InChI is InChI=1S/C13H15N7O/c21-6-5-17-9-19-12-4-2-1-3-11(12)16-13(19)20(10-17)18-7-14-15-8-18/h1-4,7-8,21H,5-6,9-10H2. The van der Waals surface area contributed by atoms with Crippen LogP contribution in [0.5, 0.6) is 0 Å². The fraction of sp³-hybridized carbons (Fsp3) is 0.308. The average molecular weight is 285 g/mol. The van der Waals surface area contributed by atoms with Crippen molar-refractivity contribution in [1.29, 1.82) is 0 Å². The van der Waals surface area contributed by atoms with E-state index >= 15 is 0 Å². The van der Waals surface area contributed by atoms with Crippen molar-refractivity contribution in [3.8, 4) is 0 Å². The highest BCUT2D eigenvalue weighted by Crippen LogP contribution is 2.26. The second-order valence-electron chi connectivity index (χ2n) is 4.97. The van der Waals surface area contributed by atoms with E-state index in [0.717, 1.165) is 17.0 Å². The van der Waals surface area contributed by atoms with Gasteiger partial charge in [0.05, 0.1) is 31.0 Å². The molecule has 0 atom stereocenters. The minimum absolute atomic E-state index is 0.123. The Morgan fingerprint density at radius 3 is 2.71 bits per heavy atom. The molecule has 8 heteroatoms. The Morgan fingerprint density at radius 2 is 1.90 bits per heavy atom. The Bertz CT molecular complexity index is 751. The number of fused-ring (bicyclic) bond motifs is 3. The van der Waals surface area contributed by atoms with E-state index in [1.54, 1.807) is 17.3 Å². The first-order chi connectivity index (χ1) is 10.4. The third kappa shape index (κ3) is 1.96. The van der Waals surface area contributed by atoms with Gasteiger partial charge in [-0.3, -0.25) is 9.47 Å². The van der Waals surface area contributed by atoms with Gasteiger partial charge in [0, 0.05) is 6.54 Å². The fourth-order valence-electron chi connectivity index (χ4n) is 2.68. The molecule has 0 fully saturated rings. The summed E-state index contributed by atoms with van der Waals surface area (Å²) in [5, 5.41) is 18.9. The number of rotatable bonds is 3. The molecule has 3 heterocycles. The number of imidazole rings is 1. The SMILES string of the molecule is OCCN1CN(n2cnnc2)c2nc3ccccc3n2C1. The largest absolute Gasteiger partial charge is 0.395 e. The van der Waals surface area contributed by atoms with Crippen molar-refractivity contribution in [3.05, 3.63) is 36.9 Å². The number of anilines is 1. The summed E-state index contributed by atoms with van der Waals surface area (Å²) in [6, 6.07) is 8.04. The number of aliphatic hydroxyl groups excluding tert-OH is 1. The van der Waals surface area contributed by atoms with Gasteiger partial charge in [0.1, 0.15) is 12.7 Å². The number of aromatic nitrogens is 5. The zero-order valence-corrected chi connectivity index (χ0v) is 11.4. The highest BCUT2D eigenvalue weighted by molar-refractivity contribution is 5.78. The van der Waals surface area contributed by atoms with E-state index in [1.165, 1.54) is 0 Å². The number of benzene rings is 1. The van der Waals surface area contributed by atoms with Crippen molar-refractivity contribution in [2.24, 2.45) is 0 Å². The molecule has 1 aliphatic heterocycles. The van der Waals surface area contributed by atoms with E-state index < -0.39 is 0 Å². The van der Waals surface area contributed by atoms with Gasteiger partial charge in [0.25, 0.3) is 0 Å². The molecule has 1 aromatic carbocycles. The van der Waals surface area contributed by atoms with Crippen LogP contribution in [0.2, 0.25) is 0 Å². The molecule has 0 spiro atoms. The van der Waals surface area contributed by atoms with Crippen LogP contribution in [0.1, 0.15) is 0 Å². The maximum Gasteiger partial charge on any atom is 0.228 e. The highest BCUT2D eigenvalue weighted by Gasteiger charge is 2.26. The van der Waals surface area contributed by atoms with Crippen molar-refractivity contribution < 1.29 is 5.11 Å². The molecule has 0 saturated heterocycles. The van der Waals surface area contributed by atoms with Gasteiger partial charge in [-0.25, -0.2) is 14.7 Å². The van der Waals surface area contributed by atoms with Crippen LogP contribution in [0.25, 0.3) is 11.0 Å². The number of β-amino-alcohol motifs (C(OH)–C–C–N with tert-alkyl or cyclic N) is 1. The minimum atomic E-state index is 0.123. The number of para-hydroxylation sites is 2. The van der Waals surface area contributed by atoms with Crippen LogP contribution >= 0.6 is 0 Å². The van der Waals surface area contributed by atoms with Gasteiger partial charge < -0.3 is 5.11 Å². The predicted octanol–water partition coefficient (Wildman–Crippen LogP) is 0.120. The Hall–Kier alpha value is -2.45. The molecule has 0 bridgehead atoms. The molecular weight excluding hydrogens is 270 g/mol. The number of hydrogen-bond donors (Lipinski definition) is 1. The molecule has 2 aromatic heterocycles. The second kappa shape index (κ2) is 4.83. The van der Waals surface area contributed by atoms with Crippen LogP contribution in [0.4, 0.5) is 5.95 Å². The van der Waals surface area contributed by atoms with Gasteiger partial charge in [-0.2, -0.15) is 0 Å². The molecule has 1 aliphatic rings. The molecule has 0 unspecified atom stereocenters. The lowest BCUT2D eigenvalue weighted by atomic mass is 10.3. The lowest BCUT2D eigenvalue weighted by molar-refractivity contribution is 0.148. The van der Waals surface area contributed by atoms with Crippen LogP contribution in [-0.4, -0.2) is 54.3 Å². The van der Waals surface area contributed by atoms with Crippen LogP contribution in [0.3, 0.4) is 0 Å². The Kier molecular flexibility index (Phi) is 2.83. The molecular formula is C13H15N7O. The molecule has 0 saturated carbocycles. The van der Waals surface area contributed by atoms with Crippen LogP contribution in [-0.2, 0) is 6.67 Å². The van der Waals surface area contributed by atoms with Gasteiger partial charge >= 0.3 is 0 Å². The number of nitrogens with zero attached hydrogens (tertiary/aromatic N) is 7. The Labute approximate surface area is 120 Å². The average Bonchev–Trinajstić information content (AvgIpc) is 3.14. The van der Waals surface area contributed by atoms with Gasteiger partial charge in [0.15, 0.2) is 0 Å². The van der Waals surface area contributed by atoms with E-state index in [2.05, 4.69) is 25.7 Å². The summed E-state index contributed by atoms with van der Waals surface area (Å²) in [4.78, 5) is 6.85. The first kappa shape index (κ1) is 12.3. The molecule has 1 N–H and O–H groups in total. The lowest BCUT2D eigenvalue weighted by Gasteiger charge is -2.36. The summed E-state index contributed by atoms with van der Waals surface area (Å²) < 4.78 is 3.94. The quantitative estimate of drug-likeness (QED) is 0.737. The first-order valence-electron chi connectivity index (χ1n) is 6.78. The number of hydrogen-bond acceptors (Lipinski definition) is 6. The minimum Gasteiger partial charge on any atom is -0.395 e. The Balaban J connectivity index is 1.86. The van der Waals surface area contributed by atoms with E-state index in [9.17, 15) is 5.11 Å². The number of aliphatic hydroxyl groups is 1. The normalized spacial score (nSPS) is 15.6. The first-order valence-corrected chi connectivity index (χ1v) is 6.78. The topological polar surface area (TPSA) is 75.2 Å². The second-order valence-corrected chi connectivity index (χ2v) is 4.97. The maximum atomic E-state index is 9.23. The van der Waals surface area contributed by atoms with Crippen molar-refractivity contribution in [2.45, 2.75) is 6.67 Å². The molecule has 0 aliphatic carbocycles. The molecule has 0 amide bonds. The van der Waals surface area contributed by atoms with Gasteiger partial charge in [0.2, 0.25) is 5.95 Å². The zero-order chi connectivity index (χ0) is 14.2. The van der Waals surface area contributed by atoms with Gasteiger partial charge in [-0.05, 0) is 12.1 Å². The third-order valence-corrected chi connectivity index (χ3v) is 3.64. The molecule has 8 nitrogen and oxygen atoms in total. The summed E-state index contributed by atoms with van der Waals surface area (Å²) in [7, 11) is 0. The van der Waals surface area contributed by atoms with Crippen molar-refractivity contribution >= 4 is 17.0 Å². The molecule has 3 aromatic rings. The van der Waals surface area contributed by atoms with E-state index in [4.69, 9.17) is 4.98 Å². The van der Waals surface area contributed by atoms with Crippen LogP contribution in [0, 0.1) is 0 Å². The molecule has 21 heavy (non-hydrogen) atoms. The van der Waals surface area contributed by atoms with Gasteiger partial charge in [-0.1, -0.05) is 12.1 Å². The van der Waals surface area contributed by atoms with Crippen molar-refractivity contribution in [1.82, 2.24) is 29.3 Å². The molecule has 0 radical (unpaired) electrons. The lowest BCUT2D eigenvalue weighted by Crippen LogP contribution is -2.48. The zero-order valence-electron chi connectivity index (χ0n) is 11.4. The fourth-order valence-corrected chi connectivity index (χ4v) is 2.68. The third-order valence-electron chi connectivity index (χ3n) is 3.64.